The van der Waals surface area contributed by atoms with Crippen LogP contribution in [0.3, 0.4) is 0 Å². The Hall–Kier alpha value is -0.980. The average Bonchev–Trinajstić information content (AvgIpc) is 2.92. The van der Waals surface area contributed by atoms with Crippen molar-refractivity contribution in [3.63, 3.8) is 0 Å². The number of aromatic nitrogens is 2. The molecule has 0 unspecified atom stereocenters. The number of rotatable bonds is 3. The van der Waals surface area contributed by atoms with Crippen LogP contribution in [0, 0.1) is 6.92 Å². The summed E-state index contributed by atoms with van der Waals surface area (Å²) in [7, 11) is 0. The van der Waals surface area contributed by atoms with E-state index in [2.05, 4.69) is 42.7 Å². The Morgan fingerprint density at radius 2 is 2.22 bits per heavy atom. The standard InChI is InChI=1S/C12H10BrN3S2/c1-7-6-17-11(15-7)5-14-12-16-9-4-8(13)2-3-10(9)18-12/h2-4,6H,5H2,1H3,(H,14,16). The van der Waals surface area contributed by atoms with Crippen LogP contribution in [-0.2, 0) is 6.54 Å². The molecule has 92 valence electrons. The summed E-state index contributed by atoms with van der Waals surface area (Å²) in [6.07, 6.45) is 0. The van der Waals surface area contributed by atoms with Crippen molar-refractivity contribution in [3.8, 4) is 0 Å². The summed E-state index contributed by atoms with van der Waals surface area (Å²) in [5, 5.41) is 7.42. The molecule has 6 heteroatoms. The average molecular weight is 340 g/mol. The van der Waals surface area contributed by atoms with Gasteiger partial charge in [-0.15, -0.1) is 11.3 Å². The van der Waals surface area contributed by atoms with Gasteiger partial charge in [0.2, 0.25) is 0 Å². The zero-order chi connectivity index (χ0) is 12.5. The SMILES string of the molecule is Cc1csc(CNc2nc3cc(Br)ccc3s2)n1. The molecule has 0 atom stereocenters. The van der Waals surface area contributed by atoms with Gasteiger partial charge in [-0.1, -0.05) is 27.3 Å². The molecule has 2 aromatic heterocycles. The summed E-state index contributed by atoms with van der Waals surface area (Å²) in [4.78, 5) is 8.97. The summed E-state index contributed by atoms with van der Waals surface area (Å²) in [6.45, 7) is 2.74. The second-order valence-electron chi connectivity index (χ2n) is 3.87. The van der Waals surface area contributed by atoms with E-state index in [1.807, 2.05) is 19.1 Å². The highest BCUT2D eigenvalue weighted by Gasteiger charge is 2.05. The largest absolute Gasteiger partial charge is 0.355 e. The van der Waals surface area contributed by atoms with Crippen molar-refractivity contribution in [3.05, 3.63) is 38.8 Å². The van der Waals surface area contributed by atoms with Gasteiger partial charge in [-0.2, -0.15) is 0 Å². The van der Waals surface area contributed by atoms with Gasteiger partial charge in [0.05, 0.1) is 16.8 Å². The van der Waals surface area contributed by atoms with Gasteiger partial charge in [-0.3, -0.25) is 0 Å². The van der Waals surface area contributed by atoms with E-state index in [4.69, 9.17) is 0 Å². The first-order valence-electron chi connectivity index (χ1n) is 5.42. The molecule has 0 bridgehead atoms. The molecular formula is C12H10BrN3S2. The Kier molecular flexibility index (Phi) is 3.32. The minimum atomic E-state index is 0.736. The maximum Gasteiger partial charge on any atom is 0.184 e. The van der Waals surface area contributed by atoms with E-state index in [1.165, 1.54) is 4.70 Å². The highest BCUT2D eigenvalue weighted by atomic mass is 79.9. The van der Waals surface area contributed by atoms with Gasteiger partial charge in [-0.05, 0) is 25.1 Å². The maximum absolute atomic E-state index is 4.55. The third kappa shape index (κ3) is 2.55. The minimum absolute atomic E-state index is 0.736. The van der Waals surface area contributed by atoms with E-state index in [-0.39, 0.29) is 0 Å². The van der Waals surface area contributed by atoms with Crippen LogP contribution >= 0.6 is 38.6 Å². The molecule has 1 aromatic carbocycles. The molecule has 0 radical (unpaired) electrons. The lowest BCUT2D eigenvalue weighted by molar-refractivity contribution is 1.07. The summed E-state index contributed by atoms with van der Waals surface area (Å²) < 4.78 is 2.25. The van der Waals surface area contributed by atoms with Crippen molar-refractivity contribution in [1.29, 1.82) is 0 Å². The molecule has 0 aliphatic rings. The number of fused-ring (bicyclic) bond motifs is 1. The predicted molar refractivity (Wildman–Crippen MR) is 81.5 cm³/mol. The van der Waals surface area contributed by atoms with Crippen LogP contribution in [0.25, 0.3) is 10.2 Å². The third-order valence-electron chi connectivity index (χ3n) is 2.41. The molecule has 0 fully saturated rings. The van der Waals surface area contributed by atoms with E-state index in [0.717, 1.165) is 32.4 Å². The maximum atomic E-state index is 4.55. The van der Waals surface area contributed by atoms with Crippen molar-refractivity contribution in [2.45, 2.75) is 13.5 Å². The Bertz CT molecular complexity index is 690. The van der Waals surface area contributed by atoms with E-state index in [0.29, 0.717) is 0 Å². The van der Waals surface area contributed by atoms with E-state index >= 15 is 0 Å². The number of aryl methyl sites for hydroxylation is 1. The van der Waals surface area contributed by atoms with Crippen LogP contribution in [0.1, 0.15) is 10.7 Å². The summed E-state index contributed by atoms with van der Waals surface area (Å²) in [5.41, 5.74) is 2.09. The first-order valence-corrected chi connectivity index (χ1v) is 7.90. The number of halogens is 1. The lowest BCUT2D eigenvalue weighted by Crippen LogP contribution is -1.98. The van der Waals surface area contributed by atoms with Crippen LogP contribution in [0.4, 0.5) is 5.13 Å². The van der Waals surface area contributed by atoms with Gasteiger partial charge in [-0.25, -0.2) is 9.97 Å². The fourth-order valence-corrected chi connectivity index (χ4v) is 3.51. The molecule has 3 aromatic rings. The normalized spacial score (nSPS) is 11.0. The zero-order valence-corrected chi connectivity index (χ0v) is 12.8. The Morgan fingerprint density at radius 1 is 1.33 bits per heavy atom. The van der Waals surface area contributed by atoms with Crippen molar-refractivity contribution in [2.24, 2.45) is 0 Å². The molecule has 3 rings (SSSR count). The molecule has 3 nitrogen and oxygen atoms in total. The van der Waals surface area contributed by atoms with Crippen LogP contribution in [-0.4, -0.2) is 9.97 Å². The minimum Gasteiger partial charge on any atom is -0.355 e. The number of nitrogens with one attached hydrogen (secondary N) is 1. The van der Waals surface area contributed by atoms with E-state index < -0.39 is 0 Å². The molecule has 0 spiro atoms. The van der Waals surface area contributed by atoms with E-state index in [1.54, 1.807) is 22.7 Å². The van der Waals surface area contributed by atoms with E-state index in [9.17, 15) is 0 Å². The lowest BCUT2D eigenvalue weighted by Gasteiger charge is -1.97. The summed E-state index contributed by atoms with van der Waals surface area (Å²) >= 11 is 6.80. The fourth-order valence-electron chi connectivity index (χ4n) is 1.61. The Labute approximate surface area is 121 Å². The first kappa shape index (κ1) is 12.1. The van der Waals surface area contributed by atoms with Crippen molar-refractivity contribution >= 4 is 54.0 Å². The zero-order valence-electron chi connectivity index (χ0n) is 9.61. The molecule has 18 heavy (non-hydrogen) atoms. The molecular weight excluding hydrogens is 330 g/mol. The molecule has 0 saturated heterocycles. The van der Waals surface area contributed by atoms with Crippen LogP contribution < -0.4 is 5.32 Å². The number of hydrogen-bond donors (Lipinski definition) is 1. The van der Waals surface area contributed by atoms with Gasteiger partial charge in [0.15, 0.2) is 5.13 Å². The highest BCUT2D eigenvalue weighted by molar-refractivity contribution is 9.10. The number of hydrogen-bond acceptors (Lipinski definition) is 5. The predicted octanol–water partition coefficient (Wildman–Crippen LogP) is 4.44. The number of nitrogens with zero attached hydrogens (tertiary/aromatic N) is 2. The molecule has 1 N–H and O–H groups in total. The van der Waals surface area contributed by atoms with Crippen LogP contribution in [0.15, 0.2) is 28.1 Å². The Morgan fingerprint density at radius 3 is 3.00 bits per heavy atom. The summed E-state index contributed by atoms with van der Waals surface area (Å²) in [5.74, 6) is 0. The van der Waals surface area contributed by atoms with Crippen molar-refractivity contribution in [2.75, 3.05) is 5.32 Å². The molecule has 0 aliphatic carbocycles. The van der Waals surface area contributed by atoms with Gasteiger partial charge in [0, 0.05) is 15.5 Å². The Balaban J connectivity index is 1.78. The van der Waals surface area contributed by atoms with Gasteiger partial charge >= 0.3 is 0 Å². The number of anilines is 1. The second kappa shape index (κ2) is 4.95. The molecule has 2 heterocycles. The van der Waals surface area contributed by atoms with Crippen LogP contribution in [0.5, 0.6) is 0 Å². The first-order chi connectivity index (χ1) is 8.70. The highest BCUT2D eigenvalue weighted by Crippen LogP contribution is 2.28. The number of thiazole rings is 2. The molecule has 0 aliphatic heterocycles. The smallest absolute Gasteiger partial charge is 0.184 e. The topological polar surface area (TPSA) is 37.8 Å². The summed E-state index contributed by atoms with van der Waals surface area (Å²) in [6, 6.07) is 6.15. The quantitative estimate of drug-likeness (QED) is 0.766. The second-order valence-corrected chi connectivity index (χ2v) is 6.76. The van der Waals surface area contributed by atoms with Gasteiger partial charge in [0.1, 0.15) is 5.01 Å². The lowest BCUT2D eigenvalue weighted by atomic mass is 10.3. The van der Waals surface area contributed by atoms with Gasteiger partial charge in [0.25, 0.3) is 0 Å². The van der Waals surface area contributed by atoms with Crippen LogP contribution in [0.2, 0.25) is 0 Å². The molecule has 0 amide bonds. The van der Waals surface area contributed by atoms with Crippen molar-refractivity contribution < 1.29 is 0 Å². The van der Waals surface area contributed by atoms with Gasteiger partial charge < -0.3 is 5.32 Å². The van der Waals surface area contributed by atoms with Crippen molar-refractivity contribution in [1.82, 2.24) is 9.97 Å². The fraction of sp³-hybridized carbons (Fsp3) is 0.167. The third-order valence-corrected chi connectivity index (χ3v) is 4.86. The molecule has 0 saturated carbocycles. The monoisotopic (exact) mass is 339 g/mol. The number of benzene rings is 1.